The van der Waals surface area contributed by atoms with Crippen molar-refractivity contribution in [1.82, 2.24) is 0 Å². The van der Waals surface area contributed by atoms with Crippen molar-refractivity contribution in [2.24, 2.45) is 0 Å². The minimum Gasteiger partial charge on any atom is -0.462 e. The molecule has 0 saturated heterocycles. The first-order chi connectivity index (χ1) is 7.77. The lowest BCUT2D eigenvalue weighted by Gasteiger charge is -2.00. The molecule has 0 aliphatic carbocycles. The average molecular weight is 299 g/mol. The molecule has 0 aliphatic rings. The molecule has 0 unspecified atom stereocenters. The number of fused-ring (bicyclic) bond motifs is 1. The smallest absolute Gasteiger partial charge is 0.348 e. The first-order valence-corrected chi connectivity index (χ1v) is 6.95. The van der Waals surface area contributed by atoms with Crippen LogP contribution in [0.15, 0.2) is 24.3 Å². The van der Waals surface area contributed by atoms with Crippen LogP contribution in [0.2, 0.25) is 0 Å². The number of thiophene rings is 1. The number of halogens is 1. The summed E-state index contributed by atoms with van der Waals surface area (Å²) in [5, 5.41) is 1.80. The van der Waals surface area contributed by atoms with Gasteiger partial charge >= 0.3 is 5.97 Å². The van der Waals surface area contributed by atoms with E-state index in [2.05, 4.69) is 15.9 Å². The molecule has 16 heavy (non-hydrogen) atoms. The lowest BCUT2D eigenvalue weighted by atomic mass is 10.1. The van der Waals surface area contributed by atoms with Gasteiger partial charge in [-0.25, -0.2) is 4.79 Å². The van der Waals surface area contributed by atoms with Crippen molar-refractivity contribution in [2.45, 2.75) is 12.3 Å². The highest BCUT2D eigenvalue weighted by atomic mass is 79.9. The van der Waals surface area contributed by atoms with Crippen molar-refractivity contribution >= 4 is 43.3 Å². The zero-order chi connectivity index (χ0) is 11.5. The number of rotatable bonds is 3. The van der Waals surface area contributed by atoms with Crippen LogP contribution in [0.3, 0.4) is 0 Å². The van der Waals surface area contributed by atoms with Crippen molar-refractivity contribution in [3.63, 3.8) is 0 Å². The predicted molar refractivity (Wildman–Crippen MR) is 70.4 cm³/mol. The lowest BCUT2D eigenvalue weighted by Crippen LogP contribution is -2.04. The molecule has 2 aromatic rings. The van der Waals surface area contributed by atoms with Crippen LogP contribution >= 0.6 is 27.3 Å². The maximum atomic E-state index is 11.8. The van der Waals surface area contributed by atoms with Crippen LogP contribution in [0.1, 0.15) is 22.2 Å². The number of hydrogen-bond acceptors (Lipinski definition) is 3. The van der Waals surface area contributed by atoms with E-state index in [4.69, 9.17) is 4.74 Å². The fourth-order valence-corrected chi connectivity index (χ4v) is 3.48. The van der Waals surface area contributed by atoms with Crippen molar-refractivity contribution in [1.29, 1.82) is 0 Å². The molecule has 2 rings (SSSR count). The van der Waals surface area contributed by atoms with E-state index in [-0.39, 0.29) is 5.97 Å². The molecule has 4 heteroatoms. The lowest BCUT2D eigenvalue weighted by molar-refractivity contribution is 0.0531. The summed E-state index contributed by atoms with van der Waals surface area (Å²) in [6.45, 7) is 2.23. The number of ether oxygens (including phenoxy) is 1. The first kappa shape index (κ1) is 11.6. The summed E-state index contributed by atoms with van der Waals surface area (Å²) < 4.78 is 6.18. The van der Waals surface area contributed by atoms with E-state index in [0.717, 1.165) is 15.6 Å². The zero-order valence-corrected chi connectivity index (χ0v) is 11.2. The van der Waals surface area contributed by atoms with Gasteiger partial charge < -0.3 is 4.74 Å². The van der Waals surface area contributed by atoms with Crippen molar-refractivity contribution in [3.8, 4) is 0 Å². The third-order valence-corrected chi connectivity index (χ3v) is 4.05. The Morgan fingerprint density at radius 2 is 2.19 bits per heavy atom. The molecule has 0 bridgehead atoms. The number of carbonyl (C=O) groups excluding carboxylic acids is 1. The van der Waals surface area contributed by atoms with Crippen LogP contribution in [0.5, 0.6) is 0 Å². The molecule has 2 nitrogen and oxygen atoms in total. The molecule has 0 radical (unpaired) electrons. The van der Waals surface area contributed by atoms with Crippen LogP contribution in [0.25, 0.3) is 10.1 Å². The highest BCUT2D eigenvalue weighted by molar-refractivity contribution is 9.08. The average Bonchev–Trinajstić information content (AvgIpc) is 2.67. The van der Waals surface area contributed by atoms with Gasteiger partial charge in [0.2, 0.25) is 0 Å². The number of alkyl halides is 1. The van der Waals surface area contributed by atoms with E-state index in [0.29, 0.717) is 16.8 Å². The molecule has 0 amide bonds. The second kappa shape index (κ2) is 4.97. The highest BCUT2D eigenvalue weighted by Gasteiger charge is 2.17. The Bertz CT molecular complexity index is 519. The fourth-order valence-electron chi connectivity index (χ4n) is 1.59. The van der Waals surface area contributed by atoms with E-state index < -0.39 is 0 Å². The van der Waals surface area contributed by atoms with Crippen LogP contribution in [-0.2, 0) is 10.1 Å². The Balaban J connectivity index is 2.56. The minimum atomic E-state index is -0.224. The van der Waals surface area contributed by atoms with E-state index in [9.17, 15) is 4.79 Å². The molecule has 0 aliphatic heterocycles. The standard InChI is InChI=1S/C12H11BrO2S/c1-2-15-12(14)11-9(7-13)8-5-3-4-6-10(8)16-11/h3-6H,2,7H2,1H3. The SMILES string of the molecule is CCOC(=O)c1sc2ccccc2c1CBr. The highest BCUT2D eigenvalue weighted by Crippen LogP contribution is 2.33. The van der Waals surface area contributed by atoms with E-state index in [1.165, 1.54) is 11.3 Å². The van der Waals surface area contributed by atoms with Crippen LogP contribution in [0.4, 0.5) is 0 Å². The topological polar surface area (TPSA) is 26.3 Å². The second-order valence-corrected chi connectivity index (χ2v) is 4.87. The Morgan fingerprint density at radius 1 is 1.44 bits per heavy atom. The second-order valence-electron chi connectivity index (χ2n) is 3.26. The van der Waals surface area contributed by atoms with Gasteiger partial charge in [0.05, 0.1) is 6.61 Å². The minimum absolute atomic E-state index is 0.224. The van der Waals surface area contributed by atoms with Gasteiger partial charge in [-0.05, 0) is 23.9 Å². The third kappa shape index (κ3) is 1.99. The van der Waals surface area contributed by atoms with Gasteiger partial charge in [0.25, 0.3) is 0 Å². The summed E-state index contributed by atoms with van der Waals surface area (Å²) in [7, 11) is 0. The molecule has 1 aromatic heterocycles. The fraction of sp³-hybridized carbons (Fsp3) is 0.250. The van der Waals surface area contributed by atoms with Crippen molar-refractivity contribution in [2.75, 3.05) is 6.61 Å². The van der Waals surface area contributed by atoms with Crippen LogP contribution in [-0.4, -0.2) is 12.6 Å². The normalized spacial score (nSPS) is 10.6. The quantitative estimate of drug-likeness (QED) is 0.633. The Kier molecular flexibility index (Phi) is 3.61. The summed E-state index contributed by atoms with van der Waals surface area (Å²) >= 11 is 4.92. The molecule has 1 aromatic carbocycles. The number of carbonyl (C=O) groups is 1. The Hall–Kier alpha value is -0.870. The summed E-state index contributed by atoms with van der Waals surface area (Å²) in [5.41, 5.74) is 1.03. The van der Waals surface area contributed by atoms with Crippen LogP contribution < -0.4 is 0 Å². The molecule has 0 fully saturated rings. The number of hydrogen-bond donors (Lipinski definition) is 0. The maximum absolute atomic E-state index is 11.8. The molecule has 0 saturated carbocycles. The summed E-state index contributed by atoms with van der Waals surface area (Å²) in [6.07, 6.45) is 0. The van der Waals surface area contributed by atoms with Gasteiger partial charge in [0, 0.05) is 10.0 Å². The van der Waals surface area contributed by atoms with E-state index in [1.54, 1.807) is 0 Å². The van der Waals surface area contributed by atoms with E-state index in [1.807, 2.05) is 31.2 Å². The van der Waals surface area contributed by atoms with Gasteiger partial charge in [-0.15, -0.1) is 11.3 Å². The van der Waals surface area contributed by atoms with Gasteiger partial charge in [-0.3, -0.25) is 0 Å². The van der Waals surface area contributed by atoms with Crippen molar-refractivity contribution < 1.29 is 9.53 Å². The molecule has 0 N–H and O–H groups in total. The first-order valence-electron chi connectivity index (χ1n) is 5.01. The molecular formula is C12H11BrO2S. The zero-order valence-electron chi connectivity index (χ0n) is 8.83. The predicted octanol–water partition coefficient (Wildman–Crippen LogP) is 3.97. The third-order valence-electron chi connectivity index (χ3n) is 2.29. The van der Waals surface area contributed by atoms with E-state index >= 15 is 0 Å². The molecule has 0 atom stereocenters. The van der Waals surface area contributed by atoms with Gasteiger partial charge in [-0.2, -0.15) is 0 Å². The summed E-state index contributed by atoms with van der Waals surface area (Å²) in [6, 6.07) is 8.02. The van der Waals surface area contributed by atoms with Crippen molar-refractivity contribution in [3.05, 3.63) is 34.7 Å². The Morgan fingerprint density at radius 3 is 2.88 bits per heavy atom. The summed E-state index contributed by atoms with van der Waals surface area (Å²) in [5.74, 6) is -0.224. The van der Waals surface area contributed by atoms with Gasteiger partial charge in [-0.1, -0.05) is 34.1 Å². The molecule has 84 valence electrons. The largest absolute Gasteiger partial charge is 0.462 e. The monoisotopic (exact) mass is 298 g/mol. The molecule has 1 heterocycles. The maximum Gasteiger partial charge on any atom is 0.348 e. The summed E-state index contributed by atoms with van der Waals surface area (Å²) in [4.78, 5) is 12.5. The molecule has 0 spiro atoms. The van der Waals surface area contributed by atoms with Gasteiger partial charge in [0.15, 0.2) is 0 Å². The Labute approximate surface area is 106 Å². The number of benzene rings is 1. The number of esters is 1. The van der Waals surface area contributed by atoms with Crippen LogP contribution in [0, 0.1) is 0 Å². The van der Waals surface area contributed by atoms with Gasteiger partial charge in [0.1, 0.15) is 4.88 Å². The molecular weight excluding hydrogens is 288 g/mol.